The number of nitriles is 1. The molecule has 3 heterocycles. The van der Waals surface area contributed by atoms with Crippen molar-refractivity contribution in [2.75, 3.05) is 25.9 Å². The van der Waals surface area contributed by atoms with Crippen LogP contribution in [0.4, 0.5) is 4.79 Å². The fraction of sp³-hybridized carbons (Fsp3) is 0.409. The van der Waals surface area contributed by atoms with Crippen LogP contribution in [0.3, 0.4) is 0 Å². The Hall–Kier alpha value is -2.56. The predicted octanol–water partition coefficient (Wildman–Crippen LogP) is 3.83. The van der Waals surface area contributed by atoms with Crippen molar-refractivity contribution in [3.63, 3.8) is 0 Å². The number of pyridine rings is 1. The first-order chi connectivity index (χ1) is 14.2. The van der Waals surface area contributed by atoms with E-state index in [-0.39, 0.29) is 18.2 Å². The van der Waals surface area contributed by atoms with Crippen LogP contribution in [0.1, 0.15) is 35.8 Å². The Morgan fingerprint density at radius 3 is 2.66 bits per heavy atom. The van der Waals surface area contributed by atoms with Crippen molar-refractivity contribution in [2.45, 2.75) is 36.6 Å². The zero-order chi connectivity index (χ0) is 20.2. The van der Waals surface area contributed by atoms with Gasteiger partial charge in [0.1, 0.15) is 17.2 Å². The summed E-state index contributed by atoms with van der Waals surface area (Å²) in [5.41, 5.74) is 2.66. The molecule has 1 atom stereocenters. The molecular weight excluding hydrogens is 384 g/mol. The van der Waals surface area contributed by atoms with Gasteiger partial charge in [-0.2, -0.15) is 5.26 Å². The lowest BCUT2D eigenvalue weighted by Crippen LogP contribution is -2.45. The van der Waals surface area contributed by atoms with Crippen LogP contribution in [0, 0.1) is 11.3 Å². The second-order valence-corrected chi connectivity index (χ2v) is 8.21. The molecule has 0 saturated carbocycles. The summed E-state index contributed by atoms with van der Waals surface area (Å²) in [6.45, 7) is 3.23. The number of thioether (sulfide) groups is 1. The van der Waals surface area contributed by atoms with Crippen LogP contribution in [0.15, 0.2) is 47.5 Å². The largest absolute Gasteiger partial charge is 0.439 e. The number of carbonyl (C=O) groups is 1. The number of nitrogens with zero attached hydrogens (tertiary/aromatic N) is 4. The van der Waals surface area contributed by atoms with Crippen molar-refractivity contribution in [3.8, 4) is 6.07 Å². The van der Waals surface area contributed by atoms with Crippen LogP contribution >= 0.6 is 11.8 Å². The van der Waals surface area contributed by atoms with Gasteiger partial charge in [-0.25, -0.2) is 9.78 Å². The van der Waals surface area contributed by atoms with Crippen LogP contribution in [-0.4, -0.2) is 52.8 Å². The fourth-order valence-electron chi connectivity index (χ4n) is 4.04. The van der Waals surface area contributed by atoms with Gasteiger partial charge < -0.3 is 9.64 Å². The minimum atomic E-state index is -0.198. The van der Waals surface area contributed by atoms with Gasteiger partial charge in [0, 0.05) is 25.7 Å². The summed E-state index contributed by atoms with van der Waals surface area (Å²) in [5, 5.41) is 9.94. The molecular formula is C22H24N4O2S. The van der Waals surface area contributed by atoms with E-state index in [4.69, 9.17) is 10.00 Å². The highest BCUT2D eigenvalue weighted by Crippen LogP contribution is 2.30. The summed E-state index contributed by atoms with van der Waals surface area (Å²) < 4.78 is 5.62. The van der Waals surface area contributed by atoms with E-state index in [0.717, 1.165) is 48.8 Å². The maximum atomic E-state index is 12.4. The summed E-state index contributed by atoms with van der Waals surface area (Å²) >= 11 is 1.50. The topological polar surface area (TPSA) is 69.5 Å². The molecule has 0 bridgehead atoms. The fourth-order valence-corrected chi connectivity index (χ4v) is 4.59. The van der Waals surface area contributed by atoms with E-state index in [2.05, 4.69) is 16.0 Å². The summed E-state index contributed by atoms with van der Waals surface area (Å²) in [4.78, 5) is 21.3. The molecule has 150 valence electrons. The molecule has 1 aromatic carbocycles. The van der Waals surface area contributed by atoms with Crippen LogP contribution in [0.5, 0.6) is 0 Å². The van der Waals surface area contributed by atoms with Crippen LogP contribution < -0.4 is 0 Å². The lowest BCUT2D eigenvalue weighted by atomic mass is 10.0. The molecule has 1 unspecified atom stereocenters. The van der Waals surface area contributed by atoms with Crippen LogP contribution in [0.25, 0.3) is 0 Å². The predicted molar refractivity (Wildman–Crippen MR) is 111 cm³/mol. The zero-order valence-electron chi connectivity index (χ0n) is 16.5. The minimum absolute atomic E-state index is 0.172. The van der Waals surface area contributed by atoms with E-state index in [1.807, 2.05) is 53.6 Å². The van der Waals surface area contributed by atoms with E-state index >= 15 is 0 Å². The first-order valence-corrected chi connectivity index (χ1v) is 11.1. The number of amides is 1. The molecule has 2 aliphatic heterocycles. The molecule has 0 spiro atoms. The monoisotopic (exact) mass is 408 g/mol. The highest BCUT2D eigenvalue weighted by molar-refractivity contribution is 7.98. The second-order valence-electron chi connectivity index (χ2n) is 7.41. The van der Waals surface area contributed by atoms with Gasteiger partial charge in [0.15, 0.2) is 0 Å². The van der Waals surface area contributed by atoms with E-state index in [9.17, 15) is 4.79 Å². The standard InChI is InChI=1S/C22H24N4O2S/c1-29-21-17(13-23)7-8-18(24-21)14-25-11-9-19(10-12-25)26-15-20(28-22(26)27)16-5-3-2-4-6-16/h2-8,19-20H,9-12,14-15H2,1H3. The molecule has 0 radical (unpaired) electrons. The first-order valence-electron chi connectivity index (χ1n) is 9.86. The van der Waals surface area contributed by atoms with Gasteiger partial charge in [0.25, 0.3) is 0 Å². The molecule has 0 aliphatic carbocycles. The Morgan fingerprint density at radius 1 is 1.21 bits per heavy atom. The minimum Gasteiger partial charge on any atom is -0.439 e. The van der Waals surface area contributed by atoms with E-state index in [0.29, 0.717) is 12.1 Å². The Bertz CT molecular complexity index is 907. The molecule has 1 aromatic heterocycles. The number of rotatable bonds is 5. The van der Waals surface area contributed by atoms with E-state index < -0.39 is 0 Å². The van der Waals surface area contributed by atoms with Crippen molar-refractivity contribution in [2.24, 2.45) is 0 Å². The average molecular weight is 409 g/mol. The second kappa shape index (κ2) is 8.85. The number of benzene rings is 1. The molecule has 1 amide bonds. The summed E-state index contributed by atoms with van der Waals surface area (Å²) in [6.07, 6.45) is 3.44. The Labute approximate surface area is 175 Å². The van der Waals surface area contributed by atoms with E-state index in [1.165, 1.54) is 11.8 Å². The number of aromatic nitrogens is 1. The number of cyclic esters (lactones) is 1. The average Bonchev–Trinajstić information content (AvgIpc) is 3.16. The molecule has 29 heavy (non-hydrogen) atoms. The number of hydrogen-bond donors (Lipinski definition) is 0. The zero-order valence-corrected chi connectivity index (χ0v) is 17.3. The highest BCUT2D eigenvalue weighted by atomic mass is 32.2. The SMILES string of the molecule is CSc1nc(CN2CCC(N3CC(c4ccccc4)OC3=O)CC2)ccc1C#N. The number of piperidine rings is 1. The number of hydrogen-bond acceptors (Lipinski definition) is 6. The number of likely N-dealkylation sites (tertiary alicyclic amines) is 1. The molecule has 7 heteroatoms. The summed E-state index contributed by atoms with van der Waals surface area (Å²) in [6, 6.07) is 16.1. The summed E-state index contributed by atoms with van der Waals surface area (Å²) in [7, 11) is 0. The third-order valence-corrected chi connectivity index (χ3v) is 6.32. The van der Waals surface area contributed by atoms with Crippen molar-refractivity contribution in [1.29, 1.82) is 5.26 Å². The van der Waals surface area contributed by atoms with Gasteiger partial charge in [-0.15, -0.1) is 11.8 Å². The quantitative estimate of drug-likeness (QED) is 0.701. The molecule has 2 fully saturated rings. The highest BCUT2D eigenvalue weighted by Gasteiger charge is 2.38. The van der Waals surface area contributed by atoms with Crippen molar-refractivity contribution >= 4 is 17.9 Å². The Kier molecular flexibility index (Phi) is 6.02. The van der Waals surface area contributed by atoms with Gasteiger partial charge >= 0.3 is 6.09 Å². The van der Waals surface area contributed by atoms with Gasteiger partial charge in [-0.05, 0) is 36.8 Å². The molecule has 2 saturated heterocycles. The van der Waals surface area contributed by atoms with Crippen LogP contribution in [0.2, 0.25) is 0 Å². The number of carbonyl (C=O) groups excluding carboxylic acids is 1. The molecule has 6 nitrogen and oxygen atoms in total. The van der Waals surface area contributed by atoms with Gasteiger partial charge in [0.2, 0.25) is 0 Å². The van der Waals surface area contributed by atoms with E-state index in [1.54, 1.807) is 0 Å². The van der Waals surface area contributed by atoms with Crippen molar-refractivity contribution in [1.82, 2.24) is 14.8 Å². The summed E-state index contributed by atoms with van der Waals surface area (Å²) in [5.74, 6) is 0. The number of ether oxygens (including phenoxy) is 1. The van der Waals surface area contributed by atoms with Gasteiger partial charge in [-0.3, -0.25) is 4.90 Å². The maximum Gasteiger partial charge on any atom is 0.410 e. The molecule has 0 N–H and O–H groups in total. The third-order valence-electron chi connectivity index (χ3n) is 5.63. The lowest BCUT2D eigenvalue weighted by molar-refractivity contribution is 0.109. The van der Waals surface area contributed by atoms with Gasteiger partial charge in [-0.1, -0.05) is 30.3 Å². The molecule has 2 aromatic rings. The Balaban J connectivity index is 1.33. The molecule has 4 rings (SSSR count). The smallest absolute Gasteiger partial charge is 0.410 e. The lowest BCUT2D eigenvalue weighted by Gasteiger charge is -2.35. The normalized spacial score (nSPS) is 20.5. The van der Waals surface area contributed by atoms with Crippen molar-refractivity contribution in [3.05, 3.63) is 59.3 Å². The maximum absolute atomic E-state index is 12.4. The van der Waals surface area contributed by atoms with Crippen molar-refractivity contribution < 1.29 is 9.53 Å². The first kappa shape index (κ1) is 19.7. The molecule has 2 aliphatic rings. The van der Waals surface area contributed by atoms with Gasteiger partial charge in [0.05, 0.1) is 17.8 Å². The Morgan fingerprint density at radius 2 is 1.97 bits per heavy atom. The van der Waals surface area contributed by atoms with Crippen LogP contribution in [-0.2, 0) is 11.3 Å². The third kappa shape index (κ3) is 4.39.